The number of carbonyl (C=O) groups is 1. The summed E-state index contributed by atoms with van der Waals surface area (Å²) in [5, 5.41) is 5.68. The lowest BCUT2D eigenvalue weighted by molar-refractivity contribution is 0.248. The van der Waals surface area contributed by atoms with Gasteiger partial charge in [0.1, 0.15) is 5.82 Å². The predicted octanol–water partition coefficient (Wildman–Crippen LogP) is 3.94. The highest BCUT2D eigenvalue weighted by Crippen LogP contribution is 2.30. The monoisotopic (exact) mass is 284 g/mol. The first-order valence-corrected chi connectivity index (χ1v) is 7.05. The zero-order chi connectivity index (χ0) is 14.8. The molecule has 3 nitrogen and oxygen atoms in total. The molecule has 0 aromatic heterocycles. The summed E-state index contributed by atoms with van der Waals surface area (Å²) in [6, 6.07) is 12.2. The number of urea groups is 1. The lowest BCUT2D eigenvalue weighted by Crippen LogP contribution is -2.31. The van der Waals surface area contributed by atoms with Gasteiger partial charge in [0, 0.05) is 5.69 Å². The number of hydrogen-bond acceptors (Lipinski definition) is 1. The van der Waals surface area contributed by atoms with Crippen LogP contribution in [0.25, 0.3) is 0 Å². The molecule has 1 aliphatic carbocycles. The number of anilines is 1. The molecule has 1 unspecified atom stereocenters. The first-order chi connectivity index (χ1) is 10.1. The SMILES string of the molecule is Cc1ccc(F)cc1NC(=O)NC1CCc2ccccc21. The van der Waals surface area contributed by atoms with Crippen LogP contribution in [0.4, 0.5) is 14.9 Å². The summed E-state index contributed by atoms with van der Waals surface area (Å²) < 4.78 is 13.2. The van der Waals surface area contributed by atoms with E-state index in [2.05, 4.69) is 16.7 Å². The summed E-state index contributed by atoms with van der Waals surface area (Å²) in [7, 11) is 0. The van der Waals surface area contributed by atoms with Gasteiger partial charge in [-0.25, -0.2) is 9.18 Å². The molecule has 0 saturated heterocycles. The fraction of sp³-hybridized carbons (Fsp3) is 0.235. The molecule has 0 fully saturated rings. The minimum absolute atomic E-state index is 0.0232. The highest BCUT2D eigenvalue weighted by atomic mass is 19.1. The molecule has 3 rings (SSSR count). The fourth-order valence-corrected chi connectivity index (χ4v) is 2.75. The summed E-state index contributed by atoms with van der Waals surface area (Å²) in [5.41, 5.74) is 3.78. The normalized spacial score (nSPS) is 16.4. The number of aryl methyl sites for hydroxylation is 2. The Kier molecular flexibility index (Phi) is 3.60. The second kappa shape index (κ2) is 5.56. The van der Waals surface area contributed by atoms with Crippen LogP contribution in [-0.4, -0.2) is 6.03 Å². The fourth-order valence-electron chi connectivity index (χ4n) is 2.75. The Labute approximate surface area is 123 Å². The van der Waals surface area contributed by atoms with Gasteiger partial charge in [0.2, 0.25) is 0 Å². The predicted molar refractivity (Wildman–Crippen MR) is 80.8 cm³/mol. The Morgan fingerprint density at radius 1 is 1.24 bits per heavy atom. The van der Waals surface area contributed by atoms with E-state index in [9.17, 15) is 9.18 Å². The van der Waals surface area contributed by atoms with Crippen LogP contribution in [-0.2, 0) is 6.42 Å². The molecular weight excluding hydrogens is 267 g/mol. The molecule has 21 heavy (non-hydrogen) atoms. The molecule has 0 spiro atoms. The van der Waals surface area contributed by atoms with E-state index in [0.717, 1.165) is 18.4 Å². The lowest BCUT2D eigenvalue weighted by Gasteiger charge is -2.15. The second-order valence-electron chi connectivity index (χ2n) is 5.35. The van der Waals surface area contributed by atoms with E-state index in [4.69, 9.17) is 0 Å². The zero-order valence-electron chi connectivity index (χ0n) is 11.8. The summed E-state index contributed by atoms with van der Waals surface area (Å²) in [6.07, 6.45) is 1.87. The molecule has 2 aromatic rings. The molecule has 2 N–H and O–H groups in total. The third-order valence-electron chi connectivity index (χ3n) is 3.89. The van der Waals surface area contributed by atoms with Gasteiger partial charge in [0.15, 0.2) is 0 Å². The number of carbonyl (C=O) groups excluding carboxylic acids is 1. The van der Waals surface area contributed by atoms with Gasteiger partial charge in [-0.15, -0.1) is 0 Å². The van der Waals surface area contributed by atoms with E-state index in [1.165, 1.54) is 23.3 Å². The lowest BCUT2D eigenvalue weighted by atomic mass is 10.1. The first-order valence-electron chi connectivity index (χ1n) is 7.05. The average Bonchev–Trinajstić information content (AvgIpc) is 2.86. The molecular formula is C17H17FN2O. The van der Waals surface area contributed by atoms with E-state index in [0.29, 0.717) is 5.69 Å². The number of amides is 2. The van der Waals surface area contributed by atoms with Crippen LogP contribution in [0.15, 0.2) is 42.5 Å². The first kappa shape index (κ1) is 13.6. The third-order valence-corrected chi connectivity index (χ3v) is 3.89. The molecule has 4 heteroatoms. The highest BCUT2D eigenvalue weighted by molar-refractivity contribution is 5.90. The minimum Gasteiger partial charge on any atom is -0.331 e. The Morgan fingerprint density at radius 2 is 2.05 bits per heavy atom. The second-order valence-corrected chi connectivity index (χ2v) is 5.35. The Bertz CT molecular complexity index is 684. The molecule has 1 aliphatic rings. The summed E-state index contributed by atoms with van der Waals surface area (Å²) in [4.78, 5) is 12.1. The van der Waals surface area contributed by atoms with E-state index < -0.39 is 0 Å². The smallest absolute Gasteiger partial charge is 0.319 e. The zero-order valence-corrected chi connectivity index (χ0v) is 11.8. The van der Waals surface area contributed by atoms with E-state index in [1.807, 2.05) is 25.1 Å². The highest BCUT2D eigenvalue weighted by Gasteiger charge is 2.23. The van der Waals surface area contributed by atoms with Crippen molar-refractivity contribution in [2.24, 2.45) is 0 Å². The van der Waals surface area contributed by atoms with Crippen molar-refractivity contribution in [2.45, 2.75) is 25.8 Å². The molecule has 0 saturated carbocycles. The van der Waals surface area contributed by atoms with Crippen LogP contribution in [0.2, 0.25) is 0 Å². The number of hydrogen-bond donors (Lipinski definition) is 2. The molecule has 0 radical (unpaired) electrons. The number of benzene rings is 2. The number of halogens is 1. The van der Waals surface area contributed by atoms with Crippen LogP contribution >= 0.6 is 0 Å². The number of fused-ring (bicyclic) bond motifs is 1. The van der Waals surface area contributed by atoms with Crippen molar-refractivity contribution in [1.29, 1.82) is 0 Å². The van der Waals surface area contributed by atoms with E-state index in [1.54, 1.807) is 6.07 Å². The number of nitrogens with one attached hydrogen (secondary N) is 2. The van der Waals surface area contributed by atoms with Crippen LogP contribution in [0.1, 0.15) is 29.2 Å². The number of rotatable bonds is 2. The quantitative estimate of drug-likeness (QED) is 0.861. The third kappa shape index (κ3) is 2.89. The summed E-state index contributed by atoms with van der Waals surface area (Å²) in [5.74, 6) is -0.359. The van der Waals surface area contributed by atoms with Gasteiger partial charge in [-0.1, -0.05) is 30.3 Å². The van der Waals surface area contributed by atoms with E-state index in [-0.39, 0.29) is 17.9 Å². The Balaban J connectivity index is 1.69. The van der Waals surface area contributed by atoms with Gasteiger partial charge in [0.25, 0.3) is 0 Å². The summed E-state index contributed by atoms with van der Waals surface area (Å²) in [6.45, 7) is 1.83. The topological polar surface area (TPSA) is 41.1 Å². The van der Waals surface area contributed by atoms with Crippen molar-refractivity contribution in [3.05, 3.63) is 65.0 Å². The molecule has 1 atom stereocenters. The maximum Gasteiger partial charge on any atom is 0.319 e. The van der Waals surface area contributed by atoms with Gasteiger partial charge >= 0.3 is 6.03 Å². The van der Waals surface area contributed by atoms with Crippen molar-refractivity contribution in [3.8, 4) is 0 Å². The summed E-state index contributed by atoms with van der Waals surface area (Å²) >= 11 is 0. The van der Waals surface area contributed by atoms with Crippen molar-refractivity contribution in [1.82, 2.24) is 5.32 Å². The van der Waals surface area contributed by atoms with Gasteiger partial charge in [-0.3, -0.25) is 0 Å². The molecule has 0 bridgehead atoms. The van der Waals surface area contributed by atoms with Crippen LogP contribution in [0, 0.1) is 12.7 Å². The molecule has 0 heterocycles. The maximum absolute atomic E-state index is 13.2. The Morgan fingerprint density at radius 3 is 2.90 bits per heavy atom. The van der Waals surface area contributed by atoms with Crippen LogP contribution in [0.3, 0.4) is 0 Å². The molecule has 2 amide bonds. The van der Waals surface area contributed by atoms with Gasteiger partial charge in [-0.2, -0.15) is 0 Å². The molecule has 0 aliphatic heterocycles. The van der Waals surface area contributed by atoms with E-state index >= 15 is 0 Å². The standard InChI is InChI=1S/C17H17FN2O/c1-11-6-8-13(18)10-16(11)20-17(21)19-15-9-7-12-4-2-3-5-14(12)15/h2-6,8,10,15H,7,9H2,1H3,(H2,19,20,21). The van der Waals surface area contributed by atoms with Gasteiger partial charge < -0.3 is 10.6 Å². The van der Waals surface area contributed by atoms with Crippen molar-refractivity contribution in [3.63, 3.8) is 0 Å². The largest absolute Gasteiger partial charge is 0.331 e. The van der Waals surface area contributed by atoms with Crippen molar-refractivity contribution in [2.75, 3.05) is 5.32 Å². The van der Waals surface area contributed by atoms with Crippen LogP contribution in [0.5, 0.6) is 0 Å². The molecule has 108 valence electrons. The van der Waals surface area contributed by atoms with Gasteiger partial charge in [-0.05, 0) is 48.6 Å². The van der Waals surface area contributed by atoms with Crippen molar-refractivity contribution >= 4 is 11.7 Å². The van der Waals surface area contributed by atoms with Crippen LogP contribution < -0.4 is 10.6 Å². The maximum atomic E-state index is 13.2. The minimum atomic E-state index is -0.359. The molecule has 2 aromatic carbocycles. The van der Waals surface area contributed by atoms with Crippen molar-refractivity contribution < 1.29 is 9.18 Å². The average molecular weight is 284 g/mol. The Hall–Kier alpha value is -2.36. The van der Waals surface area contributed by atoms with Gasteiger partial charge in [0.05, 0.1) is 6.04 Å².